The van der Waals surface area contributed by atoms with Crippen molar-refractivity contribution in [1.29, 1.82) is 0 Å². The van der Waals surface area contributed by atoms with E-state index in [0.717, 1.165) is 0 Å². The van der Waals surface area contributed by atoms with E-state index in [9.17, 15) is 0 Å². The maximum absolute atomic E-state index is 2.28. The van der Waals surface area contributed by atoms with Crippen LogP contribution in [-0.4, -0.2) is 60.3 Å². The lowest BCUT2D eigenvalue weighted by molar-refractivity contribution is 1.06. The van der Waals surface area contributed by atoms with Gasteiger partial charge in [-0.3, -0.25) is 0 Å². The fraction of sp³-hybridized carbons (Fsp3) is 0.364. The summed E-state index contributed by atoms with van der Waals surface area (Å²) in [6.45, 7) is 9.06. The van der Waals surface area contributed by atoms with Gasteiger partial charge < -0.3 is 18.9 Å². The number of thioether (sulfide) groups is 12. The third kappa shape index (κ3) is 12.1. The van der Waals surface area contributed by atoms with Crippen LogP contribution in [0.2, 0.25) is 0 Å². The Morgan fingerprint density at radius 3 is 0.867 bits per heavy atom. The first-order chi connectivity index (χ1) is 29.2. The SMILES string of the molecule is CCCSC1=C(SCCC)SC(=C2Sc3cn(-c4ccc(N(C)C)cc4)cc3S2)S1.CCCSC1=C(SCCC)SC(=C2Sc3cn(-c4ccc(N(C)C)cc4)cc3S2)S1. The lowest BCUT2D eigenvalue weighted by atomic mass is 10.2. The van der Waals surface area contributed by atoms with Crippen LogP contribution in [-0.2, 0) is 0 Å². The first-order valence-electron chi connectivity index (χ1n) is 20.1. The summed E-state index contributed by atoms with van der Waals surface area (Å²) in [5.41, 5.74) is 4.89. The lowest BCUT2D eigenvalue weighted by Gasteiger charge is -2.13. The predicted octanol–water partition coefficient (Wildman–Crippen LogP) is 17.5. The highest BCUT2D eigenvalue weighted by molar-refractivity contribution is 8.43. The van der Waals surface area contributed by atoms with Gasteiger partial charge in [-0.2, -0.15) is 0 Å². The minimum absolute atomic E-state index is 1.21. The number of rotatable bonds is 16. The molecule has 4 aliphatic heterocycles. The molecule has 0 saturated carbocycles. The smallest absolute Gasteiger partial charge is 0.0717 e. The molecule has 0 N–H and O–H groups in total. The maximum Gasteiger partial charge on any atom is 0.0717 e. The zero-order valence-electron chi connectivity index (χ0n) is 35.3. The van der Waals surface area contributed by atoms with Crippen LogP contribution in [0.15, 0.2) is 127 Å². The summed E-state index contributed by atoms with van der Waals surface area (Å²) < 4.78 is 16.4. The monoisotopic (exact) mass is 1020 g/mol. The maximum atomic E-state index is 2.28. The Morgan fingerprint density at radius 1 is 0.383 bits per heavy atom. The van der Waals surface area contributed by atoms with Crippen molar-refractivity contribution in [2.75, 3.05) is 61.0 Å². The molecule has 4 aromatic rings. The Balaban J connectivity index is 0.000000181. The quantitative estimate of drug-likeness (QED) is 0.106. The first-order valence-corrected chi connectivity index (χ1v) is 30.6. The van der Waals surface area contributed by atoms with Crippen LogP contribution in [0.3, 0.4) is 0 Å². The molecular formula is C44H52N4S12. The molecule has 0 atom stereocenters. The van der Waals surface area contributed by atoms with Crippen LogP contribution < -0.4 is 9.80 Å². The molecule has 6 heterocycles. The van der Waals surface area contributed by atoms with E-state index in [4.69, 9.17) is 0 Å². The van der Waals surface area contributed by atoms with Crippen molar-refractivity contribution in [1.82, 2.24) is 9.13 Å². The van der Waals surface area contributed by atoms with Gasteiger partial charge in [0.05, 0.1) is 33.9 Å². The second-order valence-electron chi connectivity index (χ2n) is 14.1. The molecule has 4 aliphatic rings. The molecule has 0 unspecified atom stereocenters. The molecule has 0 saturated heterocycles. The third-order valence-corrected chi connectivity index (χ3v) is 26.7. The molecule has 0 amide bonds. The molecule has 0 spiro atoms. The summed E-state index contributed by atoms with van der Waals surface area (Å²) in [6.07, 6.45) is 14.0. The minimum atomic E-state index is 1.21. The van der Waals surface area contributed by atoms with Crippen molar-refractivity contribution < 1.29 is 0 Å². The van der Waals surface area contributed by atoms with Crippen molar-refractivity contribution in [3.8, 4) is 11.4 Å². The van der Waals surface area contributed by atoms with E-state index in [-0.39, 0.29) is 0 Å². The Bertz CT molecular complexity index is 1980. The summed E-state index contributed by atoms with van der Waals surface area (Å²) in [5.74, 6) is 4.83. The third-order valence-electron chi connectivity index (χ3n) is 8.81. The highest BCUT2D eigenvalue weighted by atomic mass is 32.3. The van der Waals surface area contributed by atoms with Crippen LogP contribution in [0.1, 0.15) is 53.4 Å². The van der Waals surface area contributed by atoms with Crippen LogP contribution >= 0.6 is 141 Å². The largest absolute Gasteiger partial charge is 0.378 e. The van der Waals surface area contributed by atoms with E-state index in [1.165, 1.54) is 125 Å². The zero-order chi connectivity index (χ0) is 42.2. The van der Waals surface area contributed by atoms with Gasteiger partial charge in [0.2, 0.25) is 0 Å². The summed E-state index contributed by atoms with van der Waals surface area (Å²) in [6, 6.07) is 17.5. The number of hydrogen-bond acceptors (Lipinski definition) is 14. The van der Waals surface area contributed by atoms with Crippen molar-refractivity contribution in [3.05, 3.63) is 107 Å². The molecule has 16 heteroatoms. The molecule has 0 bridgehead atoms. The summed E-state index contributed by atoms with van der Waals surface area (Å²) in [7, 11) is 8.31. The summed E-state index contributed by atoms with van der Waals surface area (Å²) >= 11 is 23.9. The van der Waals surface area contributed by atoms with Gasteiger partial charge in [0.15, 0.2) is 0 Å². The van der Waals surface area contributed by atoms with Crippen molar-refractivity contribution in [2.45, 2.75) is 73.0 Å². The van der Waals surface area contributed by atoms with Crippen LogP contribution in [0, 0.1) is 0 Å². The fourth-order valence-corrected chi connectivity index (χ4v) is 22.8. The van der Waals surface area contributed by atoms with E-state index >= 15 is 0 Å². The van der Waals surface area contributed by atoms with Gasteiger partial charge in [0.25, 0.3) is 0 Å². The number of benzene rings is 2. The Morgan fingerprint density at radius 2 is 0.633 bits per heavy atom. The van der Waals surface area contributed by atoms with Crippen molar-refractivity contribution in [3.63, 3.8) is 0 Å². The van der Waals surface area contributed by atoms with Gasteiger partial charge >= 0.3 is 0 Å². The van der Waals surface area contributed by atoms with E-state index in [1.807, 2.05) is 141 Å². The Labute approximate surface area is 409 Å². The van der Waals surface area contributed by atoms with E-state index in [0.29, 0.717) is 0 Å². The van der Waals surface area contributed by atoms with E-state index < -0.39 is 0 Å². The second-order valence-corrected chi connectivity index (χ2v) is 28.9. The first kappa shape index (κ1) is 47.7. The topological polar surface area (TPSA) is 16.3 Å². The Hall–Kier alpha value is -0.240. The number of anilines is 2. The van der Waals surface area contributed by atoms with Crippen molar-refractivity contribution in [2.24, 2.45) is 0 Å². The molecule has 0 aliphatic carbocycles. The number of nitrogens with zero attached hydrogens (tertiary/aromatic N) is 4. The van der Waals surface area contributed by atoms with Gasteiger partial charge in [-0.05, 0) is 97.2 Å². The molecule has 0 radical (unpaired) electrons. The van der Waals surface area contributed by atoms with Crippen LogP contribution in [0.4, 0.5) is 11.4 Å². The molecule has 2 aromatic heterocycles. The average molecular weight is 1020 g/mol. The lowest BCUT2D eigenvalue weighted by Crippen LogP contribution is -2.08. The van der Waals surface area contributed by atoms with Crippen molar-refractivity contribution >= 4 is 153 Å². The van der Waals surface area contributed by atoms with Gasteiger partial charge in [-0.25, -0.2) is 0 Å². The average Bonchev–Trinajstić information content (AvgIpc) is 4.11. The van der Waals surface area contributed by atoms with E-state index in [1.54, 1.807) is 0 Å². The molecule has 2 aromatic carbocycles. The van der Waals surface area contributed by atoms with Gasteiger partial charge in [0, 0.05) is 95.3 Å². The molecule has 0 fully saturated rings. The standard InChI is InChI=1S/2C22H26N2S6/c2*1-5-11-25-19-20(26-12-6-2)30-22(29-19)21-27-17-13-24(14-18(17)28-21)16-9-7-15(8-10-16)23(3)4/h2*7-10,13-14H,5-6,11-12H2,1-4H3. The highest BCUT2D eigenvalue weighted by Crippen LogP contribution is 2.66. The van der Waals surface area contributed by atoms with Gasteiger partial charge in [-0.15, -0.1) is 47.0 Å². The summed E-state index contributed by atoms with van der Waals surface area (Å²) in [4.78, 5) is 9.76. The molecule has 4 nitrogen and oxygen atoms in total. The molecular weight excluding hydrogens is 969 g/mol. The number of hydrogen-bond donors (Lipinski definition) is 0. The van der Waals surface area contributed by atoms with Gasteiger partial charge in [0.1, 0.15) is 0 Å². The van der Waals surface area contributed by atoms with Crippen LogP contribution in [0.5, 0.6) is 0 Å². The minimum Gasteiger partial charge on any atom is -0.378 e. The highest BCUT2D eigenvalue weighted by Gasteiger charge is 2.31. The molecule has 320 valence electrons. The molecule has 60 heavy (non-hydrogen) atoms. The summed E-state index contributed by atoms with van der Waals surface area (Å²) in [5, 5.41) is 0. The second kappa shape index (κ2) is 23.3. The molecule has 8 rings (SSSR count). The van der Waals surface area contributed by atoms with Crippen LogP contribution in [0.25, 0.3) is 11.4 Å². The fourth-order valence-electron chi connectivity index (χ4n) is 5.74. The zero-order valence-corrected chi connectivity index (χ0v) is 45.1. The normalized spacial score (nSPS) is 16.0. The van der Waals surface area contributed by atoms with E-state index in [2.05, 4.69) is 148 Å². The van der Waals surface area contributed by atoms with Gasteiger partial charge in [-0.1, -0.05) is 122 Å². The Kier molecular flexibility index (Phi) is 18.5. The number of fused-ring (bicyclic) bond motifs is 2. The number of aromatic nitrogens is 2. The predicted molar refractivity (Wildman–Crippen MR) is 293 cm³/mol.